The van der Waals surface area contributed by atoms with Crippen molar-refractivity contribution >= 4 is 0 Å². The van der Waals surface area contributed by atoms with Crippen molar-refractivity contribution in [2.45, 2.75) is 5.92 Å². The molecule has 1 aromatic carbocycles. The molecule has 0 radical (unpaired) electrons. The molecular weight excluding hydrogens is 242 g/mol. The Morgan fingerprint density at radius 1 is 1.11 bits per heavy atom. The number of hydrogen-bond acceptors (Lipinski definition) is 5. The van der Waals surface area contributed by atoms with Gasteiger partial charge in [-0.05, 0) is 23.8 Å². The first-order valence-corrected chi connectivity index (χ1v) is 5.68. The molecule has 1 aromatic heterocycles. The maximum atomic E-state index is 9.32. The van der Waals surface area contributed by atoms with Gasteiger partial charge in [0.1, 0.15) is 11.7 Å². The third kappa shape index (κ3) is 2.63. The third-order valence-electron chi connectivity index (χ3n) is 2.71. The number of benzene rings is 1. The van der Waals surface area contributed by atoms with Crippen molar-refractivity contribution in [2.75, 3.05) is 14.2 Å². The lowest BCUT2D eigenvalue weighted by atomic mass is 9.99. The highest BCUT2D eigenvalue weighted by Crippen LogP contribution is 2.31. The topological polar surface area (TPSA) is 68.0 Å². The van der Waals surface area contributed by atoms with Crippen LogP contribution in [0.5, 0.6) is 11.5 Å². The van der Waals surface area contributed by atoms with Gasteiger partial charge in [-0.1, -0.05) is 6.07 Å². The van der Waals surface area contributed by atoms with Crippen LogP contribution >= 0.6 is 0 Å². The van der Waals surface area contributed by atoms with E-state index in [0.717, 1.165) is 5.56 Å². The maximum absolute atomic E-state index is 9.32. The van der Waals surface area contributed by atoms with Crippen LogP contribution < -0.4 is 9.47 Å². The summed E-state index contributed by atoms with van der Waals surface area (Å²) in [7, 11) is 3.13. The van der Waals surface area contributed by atoms with Gasteiger partial charge >= 0.3 is 0 Å². The summed E-state index contributed by atoms with van der Waals surface area (Å²) in [5.74, 6) is 1.14. The quantitative estimate of drug-likeness (QED) is 0.837. The molecule has 1 heterocycles. The predicted octanol–water partition coefficient (Wildman–Crippen LogP) is 2.15. The van der Waals surface area contributed by atoms with Crippen molar-refractivity contribution in [1.29, 1.82) is 5.26 Å². The Hall–Kier alpha value is -2.61. The third-order valence-corrected chi connectivity index (χ3v) is 2.71. The van der Waals surface area contributed by atoms with Crippen molar-refractivity contribution in [2.24, 2.45) is 0 Å². The summed E-state index contributed by atoms with van der Waals surface area (Å²) in [6.45, 7) is 0. The molecule has 2 rings (SSSR count). The molecule has 0 N–H and O–H groups in total. The summed E-state index contributed by atoms with van der Waals surface area (Å²) in [5.41, 5.74) is 0.770. The smallest absolute Gasteiger partial charge is 0.161 e. The Morgan fingerprint density at radius 2 is 1.79 bits per heavy atom. The summed E-state index contributed by atoms with van der Waals surface area (Å²) in [6.07, 6.45) is 3.24. The zero-order valence-electron chi connectivity index (χ0n) is 10.7. The first-order chi connectivity index (χ1) is 9.30. The van der Waals surface area contributed by atoms with Gasteiger partial charge in [-0.15, -0.1) is 0 Å². The monoisotopic (exact) mass is 255 g/mol. The van der Waals surface area contributed by atoms with E-state index >= 15 is 0 Å². The van der Waals surface area contributed by atoms with E-state index in [1.165, 1.54) is 0 Å². The van der Waals surface area contributed by atoms with Crippen molar-refractivity contribution in [3.05, 3.63) is 48.0 Å². The number of hydrogen-bond donors (Lipinski definition) is 0. The van der Waals surface area contributed by atoms with Crippen molar-refractivity contribution in [3.63, 3.8) is 0 Å². The van der Waals surface area contributed by atoms with E-state index in [9.17, 15) is 5.26 Å². The molecule has 1 unspecified atom stereocenters. The van der Waals surface area contributed by atoms with E-state index in [2.05, 4.69) is 16.0 Å². The first kappa shape index (κ1) is 12.8. The molecule has 0 aliphatic carbocycles. The van der Waals surface area contributed by atoms with Crippen molar-refractivity contribution < 1.29 is 9.47 Å². The van der Waals surface area contributed by atoms with Crippen LogP contribution in [0.4, 0.5) is 0 Å². The molecule has 0 bridgehead atoms. The molecule has 0 amide bonds. The summed E-state index contributed by atoms with van der Waals surface area (Å²) in [6, 6.07) is 9.26. The summed E-state index contributed by atoms with van der Waals surface area (Å²) in [5, 5.41) is 9.32. The van der Waals surface area contributed by atoms with E-state index in [1.54, 1.807) is 44.8 Å². The standard InChI is InChI=1S/C14H13N3O2/c1-18-12-5-4-10(8-13(12)19-2)11(9-15)14-16-6-3-7-17-14/h3-8,11H,1-2H3. The number of aromatic nitrogens is 2. The van der Waals surface area contributed by atoms with Crippen LogP contribution in [0.3, 0.4) is 0 Å². The van der Waals surface area contributed by atoms with Crippen LogP contribution in [0.2, 0.25) is 0 Å². The lowest BCUT2D eigenvalue weighted by Crippen LogP contribution is -2.04. The normalized spacial score (nSPS) is 11.4. The fraction of sp³-hybridized carbons (Fsp3) is 0.214. The Balaban J connectivity index is 2.43. The van der Waals surface area contributed by atoms with Gasteiger partial charge in [-0.3, -0.25) is 0 Å². The molecule has 0 aliphatic heterocycles. The van der Waals surface area contributed by atoms with E-state index in [1.807, 2.05) is 6.07 Å². The SMILES string of the molecule is COc1ccc(C(C#N)c2ncccn2)cc1OC. The fourth-order valence-corrected chi connectivity index (χ4v) is 1.77. The van der Waals surface area contributed by atoms with Crippen LogP contribution in [-0.4, -0.2) is 24.2 Å². The van der Waals surface area contributed by atoms with Gasteiger partial charge < -0.3 is 9.47 Å². The van der Waals surface area contributed by atoms with Crippen molar-refractivity contribution in [1.82, 2.24) is 9.97 Å². The Kier molecular flexibility index (Phi) is 3.94. The molecule has 0 saturated heterocycles. The van der Waals surface area contributed by atoms with Crippen LogP contribution in [0, 0.1) is 11.3 Å². The average molecular weight is 255 g/mol. The molecule has 5 heteroatoms. The van der Waals surface area contributed by atoms with E-state index in [-0.39, 0.29) is 0 Å². The molecule has 96 valence electrons. The van der Waals surface area contributed by atoms with Crippen LogP contribution in [0.1, 0.15) is 17.3 Å². The zero-order valence-corrected chi connectivity index (χ0v) is 10.7. The van der Waals surface area contributed by atoms with Gasteiger partial charge in [0.15, 0.2) is 11.5 Å². The maximum Gasteiger partial charge on any atom is 0.161 e. The summed E-state index contributed by atoms with van der Waals surface area (Å²) >= 11 is 0. The second kappa shape index (κ2) is 5.83. The second-order valence-electron chi connectivity index (χ2n) is 3.78. The van der Waals surface area contributed by atoms with E-state index in [0.29, 0.717) is 17.3 Å². The lowest BCUT2D eigenvalue weighted by Gasteiger charge is -2.12. The van der Waals surface area contributed by atoms with Gasteiger partial charge in [-0.25, -0.2) is 9.97 Å². The highest BCUT2D eigenvalue weighted by Gasteiger charge is 2.18. The summed E-state index contributed by atoms with van der Waals surface area (Å²) < 4.78 is 10.4. The van der Waals surface area contributed by atoms with Gasteiger partial charge in [0, 0.05) is 12.4 Å². The van der Waals surface area contributed by atoms with Gasteiger partial charge in [0.25, 0.3) is 0 Å². The Bertz CT molecular complexity index is 593. The highest BCUT2D eigenvalue weighted by atomic mass is 16.5. The molecule has 0 fully saturated rings. The van der Waals surface area contributed by atoms with Crippen LogP contribution in [0.25, 0.3) is 0 Å². The molecule has 1 atom stereocenters. The minimum absolute atomic E-state index is 0.470. The molecule has 0 saturated carbocycles. The highest BCUT2D eigenvalue weighted by molar-refractivity contribution is 5.46. The van der Waals surface area contributed by atoms with Gasteiger partial charge in [-0.2, -0.15) is 5.26 Å². The van der Waals surface area contributed by atoms with E-state index in [4.69, 9.17) is 9.47 Å². The molecule has 0 aliphatic rings. The lowest BCUT2D eigenvalue weighted by molar-refractivity contribution is 0.354. The number of nitrogens with zero attached hydrogens (tertiary/aromatic N) is 3. The van der Waals surface area contributed by atoms with Crippen molar-refractivity contribution in [3.8, 4) is 17.6 Å². The van der Waals surface area contributed by atoms with Gasteiger partial charge in [0.05, 0.1) is 20.3 Å². The van der Waals surface area contributed by atoms with Gasteiger partial charge in [0.2, 0.25) is 0 Å². The van der Waals surface area contributed by atoms with E-state index < -0.39 is 5.92 Å². The predicted molar refractivity (Wildman–Crippen MR) is 69.0 cm³/mol. The Labute approximate surface area is 111 Å². The molecule has 0 spiro atoms. The second-order valence-corrected chi connectivity index (χ2v) is 3.78. The first-order valence-electron chi connectivity index (χ1n) is 5.68. The zero-order chi connectivity index (χ0) is 13.7. The Morgan fingerprint density at radius 3 is 2.37 bits per heavy atom. The number of ether oxygens (including phenoxy) is 2. The van der Waals surface area contributed by atoms with Crippen LogP contribution in [-0.2, 0) is 0 Å². The molecule has 2 aromatic rings. The minimum Gasteiger partial charge on any atom is -0.493 e. The molecule has 19 heavy (non-hydrogen) atoms. The largest absolute Gasteiger partial charge is 0.493 e. The summed E-state index contributed by atoms with van der Waals surface area (Å²) in [4.78, 5) is 8.24. The molecule has 5 nitrogen and oxygen atoms in total. The number of nitriles is 1. The fourth-order valence-electron chi connectivity index (χ4n) is 1.77. The number of methoxy groups -OCH3 is 2. The average Bonchev–Trinajstić information content (AvgIpc) is 2.49. The van der Waals surface area contributed by atoms with Crippen LogP contribution in [0.15, 0.2) is 36.7 Å². The molecular formula is C14H13N3O2. The number of rotatable bonds is 4. The minimum atomic E-state index is -0.527.